The lowest BCUT2D eigenvalue weighted by atomic mass is 10.1. The van der Waals surface area contributed by atoms with Crippen molar-refractivity contribution in [3.05, 3.63) is 60.2 Å². The van der Waals surface area contributed by atoms with Crippen molar-refractivity contribution in [1.29, 1.82) is 0 Å². The van der Waals surface area contributed by atoms with Crippen LogP contribution in [-0.4, -0.2) is 23.9 Å². The second kappa shape index (κ2) is 5.01. The molecule has 6 nitrogen and oxygen atoms in total. The van der Waals surface area contributed by atoms with Crippen molar-refractivity contribution in [1.82, 2.24) is 0 Å². The average Bonchev–Trinajstić information content (AvgIpc) is 3.11. The summed E-state index contributed by atoms with van der Waals surface area (Å²) >= 11 is 0. The van der Waals surface area contributed by atoms with Crippen LogP contribution in [0.25, 0.3) is 0 Å². The molecule has 0 radical (unpaired) electrons. The Morgan fingerprint density at radius 3 is 2.26 bits per heavy atom. The highest BCUT2D eigenvalue weighted by Crippen LogP contribution is 2.34. The number of rotatable bonds is 2. The summed E-state index contributed by atoms with van der Waals surface area (Å²) in [7, 11) is 0. The van der Waals surface area contributed by atoms with Crippen LogP contribution in [0.1, 0.15) is 5.56 Å². The number of aryl methyl sites for hydroxylation is 1. The van der Waals surface area contributed by atoms with Gasteiger partial charge in [0.2, 0.25) is 0 Å². The molecular weight excluding hydrogens is 292 g/mol. The highest BCUT2D eigenvalue weighted by molar-refractivity contribution is 6.26. The molecule has 0 aromatic heterocycles. The number of carbonyl (C=O) groups is 2. The summed E-state index contributed by atoms with van der Waals surface area (Å²) in [5.41, 5.74) is 2.39. The van der Waals surface area contributed by atoms with Crippen molar-refractivity contribution in [2.24, 2.45) is 10.3 Å². The standard InChI is InChI=1S/C17H14N4O2/c1-11-7-9-12(10-8-11)20-16(22)14-15(17(20)23)21(19-18-14)13-5-3-2-4-6-13/h2-10,14-15H,1H3/t14-,15-/m1/s1. The van der Waals surface area contributed by atoms with Crippen molar-refractivity contribution in [2.45, 2.75) is 19.0 Å². The third kappa shape index (κ3) is 2.03. The summed E-state index contributed by atoms with van der Waals surface area (Å²) in [6.45, 7) is 1.96. The molecular formula is C17H14N4O2. The third-order valence-electron chi connectivity index (χ3n) is 4.09. The molecule has 2 aliphatic heterocycles. The zero-order valence-electron chi connectivity index (χ0n) is 12.5. The summed E-state index contributed by atoms with van der Waals surface area (Å²) in [5, 5.41) is 9.57. The highest BCUT2D eigenvalue weighted by atomic mass is 16.2. The van der Waals surface area contributed by atoms with Crippen molar-refractivity contribution in [3.63, 3.8) is 0 Å². The molecule has 0 spiro atoms. The molecule has 2 amide bonds. The number of amides is 2. The molecule has 0 unspecified atom stereocenters. The SMILES string of the molecule is Cc1ccc(N2C(=O)[C@@H]3N=NN(c4ccccc4)[C@H]3C2=O)cc1. The Bertz CT molecular complexity index is 801. The van der Waals surface area contributed by atoms with Crippen LogP contribution in [0.5, 0.6) is 0 Å². The largest absolute Gasteiger partial charge is 0.271 e. The van der Waals surface area contributed by atoms with Gasteiger partial charge in [-0.1, -0.05) is 41.1 Å². The first-order valence-electron chi connectivity index (χ1n) is 7.36. The number of nitrogens with zero attached hydrogens (tertiary/aromatic N) is 4. The van der Waals surface area contributed by atoms with Gasteiger partial charge in [-0.3, -0.25) is 9.59 Å². The van der Waals surface area contributed by atoms with Crippen LogP contribution in [0.3, 0.4) is 0 Å². The number of anilines is 2. The molecule has 6 heteroatoms. The number of hydrogen-bond donors (Lipinski definition) is 0. The van der Waals surface area contributed by atoms with Gasteiger partial charge in [0.25, 0.3) is 11.8 Å². The zero-order valence-corrected chi connectivity index (χ0v) is 12.5. The molecule has 2 atom stereocenters. The quantitative estimate of drug-likeness (QED) is 0.801. The second-order valence-electron chi connectivity index (χ2n) is 5.62. The van der Waals surface area contributed by atoms with E-state index < -0.39 is 12.1 Å². The fraction of sp³-hybridized carbons (Fsp3) is 0.176. The number of carbonyl (C=O) groups excluding carboxylic acids is 2. The minimum Gasteiger partial charge on any atom is -0.271 e. The van der Waals surface area contributed by atoms with Gasteiger partial charge in [-0.05, 0) is 31.2 Å². The van der Waals surface area contributed by atoms with Gasteiger partial charge in [-0.15, -0.1) is 0 Å². The van der Waals surface area contributed by atoms with Crippen LogP contribution in [0.4, 0.5) is 11.4 Å². The van der Waals surface area contributed by atoms with E-state index in [0.717, 1.165) is 11.3 Å². The fourth-order valence-electron chi connectivity index (χ4n) is 2.90. The normalized spacial score (nSPS) is 22.8. The summed E-state index contributed by atoms with van der Waals surface area (Å²) in [6, 6.07) is 15.1. The highest BCUT2D eigenvalue weighted by Gasteiger charge is 2.55. The first kappa shape index (κ1) is 13.6. The maximum Gasteiger partial charge on any atom is 0.263 e. The van der Waals surface area contributed by atoms with E-state index in [0.29, 0.717) is 5.69 Å². The van der Waals surface area contributed by atoms with Gasteiger partial charge in [-0.2, -0.15) is 5.11 Å². The Balaban J connectivity index is 1.70. The summed E-state index contributed by atoms with van der Waals surface area (Å²) < 4.78 is 0. The van der Waals surface area contributed by atoms with Crippen LogP contribution >= 0.6 is 0 Å². The third-order valence-corrected chi connectivity index (χ3v) is 4.09. The molecule has 0 N–H and O–H groups in total. The average molecular weight is 306 g/mol. The predicted octanol–water partition coefficient (Wildman–Crippen LogP) is 2.49. The van der Waals surface area contributed by atoms with Crippen molar-refractivity contribution in [2.75, 3.05) is 9.91 Å². The van der Waals surface area contributed by atoms with Crippen LogP contribution < -0.4 is 9.91 Å². The number of fused-ring (bicyclic) bond motifs is 1. The molecule has 0 saturated carbocycles. The van der Waals surface area contributed by atoms with Gasteiger partial charge in [0, 0.05) is 0 Å². The summed E-state index contributed by atoms with van der Waals surface area (Å²) in [5.74, 6) is -0.622. The maximum absolute atomic E-state index is 12.8. The molecule has 0 aliphatic carbocycles. The minimum absolute atomic E-state index is 0.294. The molecule has 23 heavy (non-hydrogen) atoms. The van der Waals surface area contributed by atoms with Crippen LogP contribution in [0.2, 0.25) is 0 Å². The number of imide groups is 1. The number of hydrogen-bond acceptors (Lipinski definition) is 5. The first-order valence-corrected chi connectivity index (χ1v) is 7.36. The Morgan fingerprint density at radius 2 is 1.57 bits per heavy atom. The molecule has 0 bridgehead atoms. The molecule has 4 rings (SSSR count). The van der Waals surface area contributed by atoms with Crippen molar-refractivity contribution >= 4 is 23.2 Å². The van der Waals surface area contributed by atoms with Crippen molar-refractivity contribution < 1.29 is 9.59 Å². The van der Waals surface area contributed by atoms with Crippen LogP contribution in [-0.2, 0) is 9.59 Å². The van der Waals surface area contributed by atoms with Crippen LogP contribution in [0.15, 0.2) is 64.9 Å². The number of para-hydroxylation sites is 1. The molecule has 2 heterocycles. The van der Waals surface area contributed by atoms with E-state index in [9.17, 15) is 9.59 Å². The van der Waals surface area contributed by atoms with E-state index in [1.165, 1.54) is 9.91 Å². The summed E-state index contributed by atoms with van der Waals surface area (Å²) in [4.78, 5) is 26.6. The Hall–Kier alpha value is -3.02. The minimum atomic E-state index is -0.774. The Labute approximate surface area is 133 Å². The molecule has 2 aliphatic rings. The summed E-state index contributed by atoms with van der Waals surface area (Å²) in [6.07, 6.45) is 0. The van der Waals surface area contributed by atoms with E-state index in [-0.39, 0.29) is 11.8 Å². The lowest BCUT2D eigenvalue weighted by Gasteiger charge is -2.20. The molecule has 114 valence electrons. The zero-order chi connectivity index (χ0) is 16.0. The second-order valence-corrected chi connectivity index (χ2v) is 5.62. The van der Waals surface area contributed by atoms with Gasteiger partial charge >= 0.3 is 0 Å². The number of benzene rings is 2. The predicted molar refractivity (Wildman–Crippen MR) is 85.0 cm³/mol. The topological polar surface area (TPSA) is 65.3 Å². The van der Waals surface area contributed by atoms with Crippen LogP contribution in [0, 0.1) is 6.92 Å². The molecule has 2 aromatic rings. The van der Waals surface area contributed by atoms with E-state index in [1.54, 1.807) is 12.1 Å². The van der Waals surface area contributed by atoms with Gasteiger partial charge in [-0.25, -0.2) is 9.91 Å². The van der Waals surface area contributed by atoms with Crippen molar-refractivity contribution in [3.8, 4) is 0 Å². The smallest absolute Gasteiger partial charge is 0.263 e. The fourth-order valence-corrected chi connectivity index (χ4v) is 2.90. The Morgan fingerprint density at radius 1 is 0.870 bits per heavy atom. The monoisotopic (exact) mass is 306 g/mol. The maximum atomic E-state index is 12.8. The van der Waals surface area contributed by atoms with E-state index >= 15 is 0 Å². The first-order chi connectivity index (χ1) is 11.2. The lowest BCUT2D eigenvalue weighted by Crippen LogP contribution is -2.39. The molecule has 1 fully saturated rings. The molecule has 1 saturated heterocycles. The van der Waals surface area contributed by atoms with Gasteiger partial charge < -0.3 is 0 Å². The van der Waals surface area contributed by atoms with E-state index in [4.69, 9.17) is 0 Å². The van der Waals surface area contributed by atoms with E-state index in [1.807, 2.05) is 49.4 Å². The Kier molecular flexibility index (Phi) is 2.97. The lowest BCUT2D eigenvalue weighted by molar-refractivity contribution is -0.121. The van der Waals surface area contributed by atoms with Gasteiger partial charge in [0.1, 0.15) is 0 Å². The van der Waals surface area contributed by atoms with Gasteiger partial charge in [0.15, 0.2) is 12.1 Å². The van der Waals surface area contributed by atoms with E-state index in [2.05, 4.69) is 10.3 Å². The van der Waals surface area contributed by atoms with Gasteiger partial charge in [0.05, 0.1) is 11.4 Å². The molecule has 2 aromatic carbocycles.